The fraction of sp³-hybridized carbons (Fsp3) is 0.385. The molecule has 0 atom stereocenters. The number of urea groups is 1. The average molecular weight is 263 g/mol. The Morgan fingerprint density at radius 3 is 3.00 bits per heavy atom. The van der Waals surface area contributed by atoms with Gasteiger partial charge in [-0.15, -0.1) is 0 Å². The van der Waals surface area contributed by atoms with Crippen LogP contribution in [-0.4, -0.2) is 24.6 Å². The van der Waals surface area contributed by atoms with E-state index in [0.29, 0.717) is 18.0 Å². The maximum Gasteiger partial charge on any atom is 0.315 e. The molecular formula is C13H17N3O3. The van der Waals surface area contributed by atoms with E-state index >= 15 is 0 Å². The molecule has 1 heterocycles. The Morgan fingerprint density at radius 1 is 1.47 bits per heavy atom. The quantitative estimate of drug-likeness (QED) is 0.767. The Morgan fingerprint density at radius 2 is 2.26 bits per heavy atom. The molecule has 1 aromatic rings. The largest absolute Gasteiger partial charge is 0.482 e. The van der Waals surface area contributed by atoms with Gasteiger partial charge < -0.3 is 20.7 Å². The predicted molar refractivity (Wildman–Crippen MR) is 71.1 cm³/mol. The van der Waals surface area contributed by atoms with Crippen LogP contribution in [0.1, 0.15) is 19.4 Å². The fourth-order valence-corrected chi connectivity index (χ4v) is 1.74. The Labute approximate surface area is 111 Å². The van der Waals surface area contributed by atoms with Crippen molar-refractivity contribution >= 4 is 17.6 Å². The highest BCUT2D eigenvalue weighted by Crippen LogP contribution is 2.28. The van der Waals surface area contributed by atoms with Crippen LogP contribution < -0.4 is 20.7 Å². The molecule has 0 bridgehead atoms. The molecule has 3 amide bonds. The smallest absolute Gasteiger partial charge is 0.315 e. The van der Waals surface area contributed by atoms with Crippen LogP contribution >= 0.6 is 0 Å². The Bertz CT molecular complexity index is 500. The van der Waals surface area contributed by atoms with E-state index in [-0.39, 0.29) is 24.6 Å². The van der Waals surface area contributed by atoms with E-state index in [2.05, 4.69) is 16.0 Å². The van der Waals surface area contributed by atoms with Crippen LogP contribution in [0.15, 0.2) is 18.2 Å². The second-order valence-corrected chi connectivity index (χ2v) is 4.65. The van der Waals surface area contributed by atoms with E-state index in [9.17, 15) is 9.59 Å². The summed E-state index contributed by atoms with van der Waals surface area (Å²) >= 11 is 0. The molecule has 0 aliphatic carbocycles. The molecule has 0 radical (unpaired) electrons. The lowest BCUT2D eigenvalue weighted by atomic mass is 10.1. The number of benzene rings is 1. The van der Waals surface area contributed by atoms with Gasteiger partial charge >= 0.3 is 6.03 Å². The number of carbonyl (C=O) groups is 2. The van der Waals surface area contributed by atoms with Gasteiger partial charge in [-0.2, -0.15) is 0 Å². The molecule has 0 fully saturated rings. The van der Waals surface area contributed by atoms with Gasteiger partial charge in [-0.3, -0.25) is 4.79 Å². The summed E-state index contributed by atoms with van der Waals surface area (Å²) in [4.78, 5) is 22.7. The van der Waals surface area contributed by atoms with Gasteiger partial charge in [0.15, 0.2) is 6.61 Å². The molecule has 3 N–H and O–H groups in total. The minimum absolute atomic E-state index is 0.0430. The van der Waals surface area contributed by atoms with E-state index in [1.165, 1.54) is 0 Å². The first-order valence-electron chi connectivity index (χ1n) is 6.14. The Hall–Kier alpha value is -2.24. The minimum Gasteiger partial charge on any atom is -0.482 e. The van der Waals surface area contributed by atoms with Crippen molar-refractivity contribution < 1.29 is 14.3 Å². The Balaban J connectivity index is 1.96. The van der Waals surface area contributed by atoms with Crippen molar-refractivity contribution in [2.75, 3.05) is 11.9 Å². The molecule has 6 heteroatoms. The minimum atomic E-state index is -0.215. The molecule has 0 aromatic heterocycles. The van der Waals surface area contributed by atoms with Crippen LogP contribution in [0, 0.1) is 0 Å². The number of fused-ring (bicyclic) bond motifs is 1. The van der Waals surface area contributed by atoms with Crippen molar-refractivity contribution in [2.45, 2.75) is 26.4 Å². The van der Waals surface area contributed by atoms with E-state index < -0.39 is 0 Å². The monoisotopic (exact) mass is 263 g/mol. The standard InChI is InChI=1S/C13H17N3O3/c1-8(2)15-13(18)14-6-9-3-4-11-10(5-9)16-12(17)7-19-11/h3-5,8H,6-7H2,1-2H3,(H,16,17)(H2,14,15,18). The van der Waals surface area contributed by atoms with Crippen LogP contribution in [0.5, 0.6) is 5.75 Å². The normalized spacial score (nSPS) is 13.3. The number of rotatable bonds is 3. The van der Waals surface area contributed by atoms with Crippen molar-refractivity contribution in [2.24, 2.45) is 0 Å². The van der Waals surface area contributed by atoms with Gasteiger partial charge in [-0.1, -0.05) is 6.07 Å². The van der Waals surface area contributed by atoms with E-state index in [4.69, 9.17) is 4.74 Å². The molecule has 6 nitrogen and oxygen atoms in total. The van der Waals surface area contributed by atoms with Crippen LogP contribution in [0.2, 0.25) is 0 Å². The molecule has 0 unspecified atom stereocenters. The van der Waals surface area contributed by atoms with Crippen molar-refractivity contribution in [1.29, 1.82) is 0 Å². The summed E-state index contributed by atoms with van der Waals surface area (Å²) in [5, 5.41) is 8.21. The van der Waals surface area contributed by atoms with Crippen LogP contribution in [0.25, 0.3) is 0 Å². The number of hydrogen-bond donors (Lipinski definition) is 3. The molecule has 19 heavy (non-hydrogen) atoms. The number of amides is 3. The van der Waals surface area contributed by atoms with Crippen molar-refractivity contribution in [1.82, 2.24) is 10.6 Å². The zero-order chi connectivity index (χ0) is 13.8. The summed E-state index contributed by atoms with van der Waals surface area (Å²) in [5.41, 5.74) is 1.53. The summed E-state index contributed by atoms with van der Waals surface area (Å²) < 4.78 is 5.26. The van der Waals surface area contributed by atoms with Gasteiger partial charge in [0.2, 0.25) is 0 Å². The van der Waals surface area contributed by atoms with E-state index in [0.717, 1.165) is 5.56 Å². The second-order valence-electron chi connectivity index (χ2n) is 4.65. The average Bonchev–Trinajstić information content (AvgIpc) is 2.35. The molecule has 1 aromatic carbocycles. The number of nitrogens with one attached hydrogen (secondary N) is 3. The summed E-state index contributed by atoms with van der Waals surface area (Å²) in [6, 6.07) is 5.31. The maximum atomic E-state index is 11.5. The second kappa shape index (κ2) is 5.60. The van der Waals surface area contributed by atoms with E-state index in [1.54, 1.807) is 12.1 Å². The lowest BCUT2D eigenvalue weighted by molar-refractivity contribution is -0.118. The highest BCUT2D eigenvalue weighted by molar-refractivity contribution is 5.95. The maximum absolute atomic E-state index is 11.5. The van der Waals surface area contributed by atoms with Crippen LogP contribution in [0.4, 0.5) is 10.5 Å². The molecule has 1 aliphatic rings. The summed E-state index contributed by atoms with van der Waals surface area (Å²) in [6.45, 7) is 4.22. The molecule has 2 rings (SSSR count). The third-order valence-electron chi connectivity index (χ3n) is 2.55. The van der Waals surface area contributed by atoms with Crippen LogP contribution in [0.3, 0.4) is 0 Å². The SMILES string of the molecule is CC(C)NC(=O)NCc1ccc2c(c1)NC(=O)CO2. The van der Waals surface area contributed by atoms with Gasteiger partial charge in [0.1, 0.15) is 5.75 Å². The molecule has 0 saturated carbocycles. The van der Waals surface area contributed by atoms with Gasteiger partial charge in [-0.25, -0.2) is 4.79 Å². The highest BCUT2D eigenvalue weighted by atomic mass is 16.5. The first-order valence-corrected chi connectivity index (χ1v) is 6.14. The molecule has 1 aliphatic heterocycles. The number of anilines is 1. The number of carbonyl (C=O) groups excluding carboxylic acids is 2. The zero-order valence-electron chi connectivity index (χ0n) is 10.9. The Kier molecular flexibility index (Phi) is 3.89. The van der Waals surface area contributed by atoms with E-state index in [1.807, 2.05) is 19.9 Å². The molecule has 0 saturated heterocycles. The number of hydrogen-bond acceptors (Lipinski definition) is 3. The summed E-state index contributed by atoms with van der Waals surface area (Å²) in [6.07, 6.45) is 0. The van der Waals surface area contributed by atoms with Gasteiger partial charge in [0, 0.05) is 12.6 Å². The van der Waals surface area contributed by atoms with Crippen molar-refractivity contribution in [3.63, 3.8) is 0 Å². The zero-order valence-corrected chi connectivity index (χ0v) is 10.9. The van der Waals surface area contributed by atoms with Gasteiger partial charge in [0.25, 0.3) is 5.91 Å². The topological polar surface area (TPSA) is 79.5 Å². The number of ether oxygens (including phenoxy) is 1. The lowest BCUT2D eigenvalue weighted by Gasteiger charge is -2.18. The lowest BCUT2D eigenvalue weighted by Crippen LogP contribution is -2.39. The van der Waals surface area contributed by atoms with Gasteiger partial charge in [-0.05, 0) is 31.5 Å². The fourth-order valence-electron chi connectivity index (χ4n) is 1.74. The first-order chi connectivity index (χ1) is 9.04. The third-order valence-corrected chi connectivity index (χ3v) is 2.55. The van der Waals surface area contributed by atoms with Crippen LogP contribution in [-0.2, 0) is 11.3 Å². The summed E-state index contributed by atoms with van der Waals surface area (Å²) in [5.74, 6) is 0.477. The molecule has 102 valence electrons. The third kappa shape index (κ3) is 3.61. The molecular weight excluding hydrogens is 246 g/mol. The highest BCUT2D eigenvalue weighted by Gasteiger charge is 2.15. The van der Waals surface area contributed by atoms with Crippen molar-refractivity contribution in [3.05, 3.63) is 23.8 Å². The van der Waals surface area contributed by atoms with Crippen molar-refractivity contribution in [3.8, 4) is 5.75 Å². The predicted octanol–water partition coefficient (Wildman–Crippen LogP) is 1.23. The summed E-state index contributed by atoms with van der Waals surface area (Å²) in [7, 11) is 0. The first kappa shape index (κ1) is 13.2. The molecule has 0 spiro atoms. The van der Waals surface area contributed by atoms with Gasteiger partial charge in [0.05, 0.1) is 5.69 Å².